The second kappa shape index (κ2) is 4.80. The van der Waals surface area contributed by atoms with E-state index in [1.165, 1.54) is 0 Å². The number of rotatable bonds is 3. The molecule has 2 aromatic rings. The van der Waals surface area contributed by atoms with E-state index in [0.717, 1.165) is 4.47 Å². The maximum absolute atomic E-state index is 5.61. The molecule has 17 heavy (non-hydrogen) atoms. The van der Waals surface area contributed by atoms with E-state index in [1.807, 2.05) is 6.07 Å². The van der Waals surface area contributed by atoms with Crippen LogP contribution in [0.25, 0.3) is 0 Å². The molecule has 0 bridgehead atoms. The van der Waals surface area contributed by atoms with Crippen molar-refractivity contribution >= 4 is 33.1 Å². The predicted molar refractivity (Wildman–Crippen MR) is 71.1 cm³/mol. The molecule has 0 fully saturated rings. The van der Waals surface area contributed by atoms with E-state index in [-0.39, 0.29) is 11.0 Å². The van der Waals surface area contributed by atoms with Crippen molar-refractivity contribution in [1.29, 1.82) is 0 Å². The van der Waals surface area contributed by atoms with E-state index in [4.69, 9.17) is 22.7 Å². The number of halogens is 1. The standard InChI is InChI=1S/C10H9BrN4OS/c1-15-5-13-10(14-15)16-8-4-6(11)2-3-7(8)9(12)17/h2-5H,1H3,(H2,12,17). The Balaban J connectivity index is 2.37. The predicted octanol–water partition coefficient (Wildman–Crippen LogP) is 2.00. The summed E-state index contributed by atoms with van der Waals surface area (Å²) in [6.45, 7) is 0. The molecule has 7 heteroatoms. The molecule has 0 saturated carbocycles. The Hall–Kier alpha value is -1.47. The third kappa shape index (κ3) is 2.80. The summed E-state index contributed by atoms with van der Waals surface area (Å²) in [6.07, 6.45) is 1.55. The summed E-state index contributed by atoms with van der Waals surface area (Å²) in [6, 6.07) is 5.64. The maximum atomic E-state index is 5.61. The van der Waals surface area contributed by atoms with Crippen molar-refractivity contribution in [2.45, 2.75) is 0 Å². The summed E-state index contributed by atoms with van der Waals surface area (Å²) in [5, 5.41) is 4.02. The van der Waals surface area contributed by atoms with Crippen LogP contribution in [0.1, 0.15) is 5.56 Å². The lowest BCUT2D eigenvalue weighted by Gasteiger charge is -2.07. The minimum absolute atomic E-state index is 0.253. The zero-order chi connectivity index (χ0) is 12.4. The van der Waals surface area contributed by atoms with Crippen LogP contribution in [0.2, 0.25) is 0 Å². The molecule has 2 N–H and O–H groups in total. The van der Waals surface area contributed by atoms with Crippen LogP contribution in [0.5, 0.6) is 11.8 Å². The summed E-state index contributed by atoms with van der Waals surface area (Å²) < 4.78 is 7.95. The van der Waals surface area contributed by atoms with Gasteiger partial charge in [0.05, 0.1) is 5.56 Å². The number of hydrogen-bond acceptors (Lipinski definition) is 4. The second-order valence-corrected chi connectivity index (χ2v) is 4.66. The van der Waals surface area contributed by atoms with E-state index < -0.39 is 0 Å². The molecule has 0 aliphatic carbocycles. The lowest BCUT2D eigenvalue weighted by atomic mass is 10.2. The van der Waals surface area contributed by atoms with Gasteiger partial charge in [-0.05, 0) is 18.2 Å². The van der Waals surface area contributed by atoms with Crippen molar-refractivity contribution in [1.82, 2.24) is 14.8 Å². The molecule has 0 aliphatic heterocycles. The Labute approximate surface area is 112 Å². The van der Waals surface area contributed by atoms with Crippen molar-refractivity contribution in [3.05, 3.63) is 34.6 Å². The van der Waals surface area contributed by atoms with Gasteiger partial charge >= 0.3 is 6.01 Å². The van der Waals surface area contributed by atoms with Gasteiger partial charge < -0.3 is 10.5 Å². The van der Waals surface area contributed by atoms with Crippen molar-refractivity contribution < 1.29 is 4.74 Å². The van der Waals surface area contributed by atoms with Crippen molar-refractivity contribution in [3.63, 3.8) is 0 Å². The zero-order valence-electron chi connectivity index (χ0n) is 8.92. The zero-order valence-corrected chi connectivity index (χ0v) is 11.3. The Morgan fingerprint density at radius 2 is 2.29 bits per heavy atom. The third-order valence-electron chi connectivity index (χ3n) is 1.99. The quantitative estimate of drug-likeness (QED) is 0.878. The Kier molecular flexibility index (Phi) is 3.39. The van der Waals surface area contributed by atoms with Gasteiger partial charge in [0.1, 0.15) is 17.1 Å². The van der Waals surface area contributed by atoms with Crippen LogP contribution in [0, 0.1) is 0 Å². The molecule has 0 unspecified atom stereocenters. The monoisotopic (exact) mass is 312 g/mol. The number of nitrogens with two attached hydrogens (primary N) is 1. The van der Waals surface area contributed by atoms with E-state index >= 15 is 0 Å². The Morgan fingerprint density at radius 3 is 2.88 bits per heavy atom. The van der Waals surface area contributed by atoms with Crippen LogP contribution < -0.4 is 10.5 Å². The van der Waals surface area contributed by atoms with Crippen LogP contribution in [0.3, 0.4) is 0 Å². The van der Waals surface area contributed by atoms with E-state index in [0.29, 0.717) is 11.3 Å². The van der Waals surface area contributed by atoms with Gasteiger partial charge in [-0.3, -0.25) is 4.68 Å². The number of benzene rings is 1. The molecular formula is C10H9BrN4OS. The smallest absolute Gasteiger partial charge is 0.341 e. The highest BCUT2D eigenvalue weighted by Crippen LogP contribution is 2.26. The SMILES string of the molecule is Cn1cnc(Oc2cc(Br)ccc2C(N)=S)n1. The minimum Gasteiger partial charge on any atom is -0.422 e. The minimum atomic E-state index is 0.253. The molecule has 1 aromatic heterocycles. The van der Waals surface area contributed by atoms with Gasteiger partial charge in [0.25, 0.3) is 0 Å². The molecule has 1 heterocycles. The second-order valence-electron chi connectivity index (χ2n) is 3.31. The van der Waals surface area contributed by atoms with E-state index in [2.05, 4.69) is 26.0 Å². The average Bonchev–Trinajstić information content (AvgIpc) is 2.63. The highest BCUT2D eigenvalue weighted by atomic mass is 79.9. The van der Waals surface area contributed by atoms with Gasteiger partial charge in [0.2, 0.25) is 0 Å². The van der Waals surface area contributed by atoms with Crippen LogP contribution >= 0.6 is 28.1 Å². The number of hydrogen-bond donors (Lipinski definition) is 1. The number of thiocarbonyl (C=S) groups is 1. The number of aromatic nitrogens is 3. The molecule has 88 valence electrons. The van der Waals surface area contributed by atoms with Gasteiger partial charge in [-0.2, -0.15) is 4.98 Å². The van der Waals surface area contributed by atoms with Gasteiger partial charge in [0, 0.05) is 11.5 Å². The molecule has 0 saturated heterocycles. The van der Waals surface area contributed by atoms with Gasteiger partial charge in [0.15, 0.2) is 0 Å². The summed E-state index contributed by atoms with van der Waals surface area (Å²) >= 11 is 8.30. The molecule has 1 aromatic carbocycles. The molecule has 0 aliphatic rings. The highest BCUT2D eigenvalue weighted by Gasteiger charge is 2.10. The fourth-order valence-corrected chi connectivity index (χ4v) is 1.76. The van der Waals surface area contributed by atoms with Gasteiger partial charge in [-0.1, -0.05) is 28.1 Å². The van der Waals surface area contributed by atoms with E-state index in [9.17, 15) is 0 Å². The Bertz CT molecular complexity index is 569. The van der Waals surface area contributed by atoms with Crippen LogP contribution in [-0.2, 0) is 7.05 Å². The third-order valence-corrected chi connectivity index (χ3v) is 2.70. The summed E-state index contributed by atoms with van der Waals surface area (Å²) in [4.78, 5) is 4.24. The average molecular weight is 313 g/mol. The summed E-state index contributed by atoms with van der Waals surface area (Å²) in [7, 11) is 1.76. The van der Waals surface area contributed by atoms with Crippen LogP contribution in [-0.4, -0.2) is 19.8 Å². The lowest BCUT2D eigenvalue weighted by Crippen LogP contribution is -2.10. The first-order valence-corrected chi connectivity index (χ1v) is 5.89. The van der Waals surface area contributed by atoms with Crippen molar-refractivity contribution in [2.24, 2.45) is 12.8 Å². The first kappa shape index (κ1) is 12.0. The van der Waals surface area contributed by atoms with Crippen LogP contribution in [0.4, 0.5) is 0 Å². The van der Waals surface area contributed by atoms with E-state index in [1.54, 1.807) is 30.2 Å². The first-order chi connectivity index (χ1) is 8.06. The molecule has 2 rings (SSSR count). The van der Waals surface area contributed by atoms with Gasteiger partial charge in [-0.25, -0.2) is 0 Å². The first-order valence-electron chi connectivity index (χ1n) is 4.69. The molecule has 0 atom stereocenters. The largest absolute Gasteiger partial charge is 0.422 e. The fraction of sp³-hybridized carbons (Fsp3) is 0.100. The number of aryl methyl sites for hydroxylation is 1. The molecule has 0 spiro atoms. The van der Waals surface area contributed by atoms with Crippen molar-refractivity contribution in [2.75, 3.05) is 0 Å². The fourth-order valence-electron chi connectivity index (χ4n) is 1.25. The number of nitrogens with zero attached hydrogens (tertiary/aromatic N) is 3. The molecule has 5 nitrogen and oxygen atoms in total. The van der Waals surface area contributed by atoms with Crippen LogP contribution in [0.15, 0.2) is 29.0 Å². The summed E-state index contributed by atoms with van der Waals surface area (Å²) in [5.74, 6) is 0.526. The maximum Gasteiger partial charge on any atom is 0.341 e. The lowest BCUT2D eigenvalue weighted by molar-refractivity contribution is 0.438. The number of ether oxygens (including phenoxy) is 1. The molecule has 0 amide bonds. The van der Waals surface area contributed by atoms with Gasteiger partial charge in [-0.15, -0.1) is 5.10 Å². The summed E-state index contributed by atoms with van der Waals surface area (Å²) in [5.41, 5.74) is 6.26. The molecule has 0 radical (unpaired) electrons. The normalized spacial score (nSPS) is 10.2. The topological polar surface area (TPSA) is 66.0 Å². The van der Waals surface area contributed by atoms with Crippen molar-refractivity contribution in [3.8, 4) is 11.8 Å². The Morgan fingerprint density at radius 1 is 1.53 bits per heavy atom. The highest BCUT2D eigenvalue weighted by molar-refractivity contribution is 9.10. The molecular weight excluding hydrogens is 304 g/mol.